The fourth-order valence-electron chi connectivity index (χ4n) is 3.43. The molecule has 1 saturated heterocycles. The highest BCUT2D eigenvalue weighted by molar-refractivity contribution is 7.89. The molecule has 8 nitrogen and oxygen atoms in total. The molecule has 0 radical (unpaired) electrons. The second-order valence-corrected chi connectivity index (χ2v) is 9.01. The first-order chi connectivity index (χ1) is 13.8. The standard InChI is InChI=1S/C20H23N3O5S/c1-21(29(27,28)18-11-9-17(10-12-18)23(25)26)19(15-16-7-3-2-4-8-16)20(24)22-13-5-6-14-22/h2-4,7-12,19H,5-6,13-15H2,1H3. The van der Waals surface area contributed by atoms with E-state index in [0.717, 1.165) is 34.8 Å². The molecule has 2 aromatic carbocycles. The molecule has 0 aliphatic carbocycles. The summed E-state index contributed by atoms with van der Waals surface area (Å²) in [4.78, 5) is 25.0. The number of carbonyl (C=O) groups is 1. The van der Waals surface area contributed by atoms with Crippen LogP contribution < -0.4 is 0 Å². The number of carbonyl (C=O) groups excluding carboxylic acids is 1. The van der Waals surface area contributed by atoms with Gasteiger partial charge in [-0.25, -0.2) is 8.42 Å². The third-order valence-corrected chi connectivity index (χ3v) is 7.02. The molecule has 1 fully saturated rings. The predicted molar refractivity (Wildman–Crippen MR) is 108 cm³/mol. The highest BCUT2D eigenvalue weighted by Crippen LogP contribution is 2.23. The number of nitro groups is 1. The van der Waals surface area contributed by atoms with Crippen LogP contribution >= 0.6 is 0 Å². The van der Waals surface area contributed by atoms with Crippen molar-refractivity contribution in [1.29, 1.82) is 0 Å². The van der Waals surface area contributed by atoms with Crippen molar-refractivity contribution in [3.05, 3.63) is 70.3 Å². The summed E-state index contributed by atoms with van der Waals surface area (Å²) >= 11 is 0. The van der Waals surface area contributed by atoms with Crippen molar-refractivity contribution in [2.24, 2.45) is 0 Å². The molecule has 0 bridgehead atoms. The zero-order chi connectivity index (χ0) is 21.0. The largest absolute Gasteiger partial charge is 0.341 e. The van der Waals surface area contributed by atoms with E-state index in [1.807, 2.05) is 30.3 Å². The first-order valence-electron chi connectivity index (χ1n) is 9.36. The number of rotatable bonds is 7. The first-order valence-corrected chi connectivity index (χ1v) is 10.8. The monoisotopic (exact) mass is 417 g/mol. The quantitative estimate of drug-likeness (QED) is 0.509. The minimum atomic E-state index is -4.01. The summed E-state index contributed by atoms with van der Waals surface area (Å²) in [7, 11) is -2.62. The summed E-state index contributed by atoms with van der Waals surface area (Å²) in [5.41, 5.74) is 0.663. The number of hydrogen-bond acceptors (Lipinski definition) is 5. The molecule has 1 atom stereocenters. The topological polar surface area (TPSA) is 101 Å². The summed E-state index contributed by atoms with van der Waals surface area (Å²) in [6.45, 7) is 1.24. The van der Waals surface area contributed by atoms with Crippen LogP contribution in [0, 0.1) is 10.1 Å². The fraction of sp³-hybridized carbons (Fsp3) is 0.350. The summed E-state index contributed by atoms with van der Waals surface area (Å²) in [6, 6.07) is 13.1. The molecule has 1 heterocycles. The molecule has 0 aromatic heterocycles. The molecule has 0 spiro atoms. The lowest BCUT2D eigenvalue weighted by Gasteiger charge is -2.30. The number of benzene rings is 2. The average molecular weight is 417 g/mol. The summed E-state index contributed by atoms with van der Waals surface area (Å²) < 4.78 is 27.4. The minimum Gasteiger partial charge on any atom is -0.341 e. The number of hydrogen-bond donors (Lipinski definition) is 0. The number of nitro benzene ring substituents is 1. The smallest absolute Gasteiger partial charge is 0.269 e. The number of likely N-dealkylation sites (tertiary alicyclic amines) is 1. The molecule has 0 N–H and O–H groups in total. The number of sulfonamides is 1. The Bertz CT molecular complexity index is 971. The lowest BCUT2D eigenvalue weighted by molar-refractivity contribution is -0.384. The number of nitrogens with zero attached hydrogens (tertiary/aromatic N) is 3. The lowest BCUT2D eigenvalue weighted by atomic mass is 10.1. The van der Waals surface area contributed by atoms with Gasteiger partial charge in [0.1, 0.15) is 6.04 Å². The van der Waals surface area contributed by atoms with E-state index in [4.69, 9.17) is 0 Å². The van der Waals surface area contributed by atoms with Crippen molar-refractivity contribution in [3.8, 4) is 0 Å². The Balaban J connectivity index is 1.92. The van der Waals surface area contributed by atoms with Crippen LogP contribution in [-0.2, 0) is 21.2 Å². The van der Waals surface area contributed by atoms with E-state index in [1.54, 1.807) is 4.90 Å². The number of likely N-dealkylation sites (N-methyl/N-ethyl adjacent to an activating group) is 1. The molecule has 29 heavy (non-hydrogen) atoms. The van der Waals surface area contributed by atoms with Crippen LogP contribution in [0.25, 0.3) is 0 Å². The SMILES string of the molecule is CN(C(Cc1ccccc1)C(=O)N1CCCC1)S(=O)(=O)c1ccc([N+](=O)[O-])cc1. The third kappa shape index (κ3) is 4.63. The first kappa shape index (κ1) is 20.9. The van der Waals surface area contributed by atoms with Gasteiger partial charge in [-0.1, -0.05) is 30.3 Å². The summed E-state index contributed by atoms with van der Waals surface area (Å²) in [5.74, 6) is -0.223. The average Bonchev–Trinajstić information content (AvgIpc) is 3.26. The van der Waals surface area contributed by atoms with E-state index in [2.05, 4.69) is 0 Å². The highest BCUT2D eigenvalue weighted by atomic mass is 32.2. The number of amides is 1. The molecule has 154 valence electrons. The van der Waals surface area contributed by atoms with Gasteiger partial charge in [0.25, 0.3) is 5.69 Å². The Kier molecular flexibility index (Phi) is 6.29. The molecular weight excluding hydrogens is 394 g/mol. The van der Waals surface area contributed by atoms with Gasteiger partial charge in [-0.2, -0.15) is 4.31 Å². The van der Waals surface area contributed by atoms with Gasteiger partial charge < -0.3 is 4.90 Å². The van der Waals surface area contributed by atoms with Crippen molar-refractivity contribution < 1.29 is 18.1 Å². The van der Waals surface area contributed by atoms with Crippen LogP contribution in [0.4, 0.5) is 5.69 Å². The van der Waals surface area contributed by atoms with Crippen LogP contribution in [-0.4, -0.2) is 54.6 Å². The van der Waals surface area contributed by atoms with E-state index in [1.165, 1.54) is 19.2 Å². The van der Waals surface area contributed by atoms with Crippen molar-refractivity contribution in [1.82, 2.24) is 9.21 Å². The van der Waals surface area contributed by atoms with Crippen molar-refractivity contribution in [2.45, 2.75) is 30.2 Å². The fourth-order valence-corrected chi connectivity index (χ4v) is 4.74. The van der Waals surface area contributed by atoms with Gasteiger partial charge in [-0.3, -0.25) is 14.9 Å². The van der Waals surface area contributed by atoms with Gasteiger partial charge >= 0.3 is 0 Å². The molecule has 0 saturated carbocycles. The Labute approximate surface area is 169 Å². The Morgan fingerprint density at radius 3 is 2.24 bits per heavy atom. The van der Waals surface area contributed by atoms with Gasteiger partial charge in [-0.15, -0.1) is 0 Å². The summed E-state index contributed by atoms with van der Waals surface area (Å²) in [6.07, 6.45) is 2.06. The highest BCUT2D eigenvalue weighted by Gasteiger charge is 2.36. The van der Waals surface area contributed by atoms with Crippen molar-refractivity contribution >= 4 is 21.6 Å². The van der Waals surface area contributed by atoms with E-state index >= 15 is 0 Å². The van der Waals surface area contributed by atoms with Crippen molar-refractivity contribution in [3.63, 3.8) is 0 Å². The molecule has 1 unspecified atom stereocenters. The van der Waals surface area contributed by atoms with Crippen LogP contribution in [0.3, 0.4) is 0 Å². The second-order valence-electron chi connectivity index (χ2n) is 7.01. The molecule has 2 aromatic rings. The van der Waals surface area contributed by atoms with Crippen LogP contribution in [0.2, 0.25) is 0 Å². The molecular formula is C20H23N3O5S. The molecule has 3 rings (SSSR count). The Morgan fingerprint density at radius 1 is 1.10 bits per heavy atom. The second kappa shape index (κ2) is 8.71. The maximum absolute atomic E-state index is 13.1. The van der Waals surface area contributed by atoms with Crippen LogP contribution in [0.15, 0.2) is 59.5 Å². The van der Waals surface area contributed by atoms with Gasteiger partial charge in [0.15, 0.2) is 0 Å². The zero-order valence-corrected chi connectivity index (χ0v) is 16.9. The van der Waals surface area contributed by atoms with Crippen LogP contribution in [0.1, 0.15) is 18.4 Å². The van der Waals surface area contributed by atoms with E-state index in [0.29, 0.717) is 13.1 Å². The zero-order valence-electron chi connectivity index (χ0n) is 16.1. The molecule has 9 heteroatoms. The van der Waals surface area contributed by atoms with Crippen molar-refractivity contribution in [2.75, 3.05) is 20.1 Å². The lowest BCUT2D eigenvalue weighted by Crippen LogP contribution is -2.49. The van der Waals surface area contributed by atoms with Gasteiger partial charge in [0.05, 0.1) is 9.82 Å². The Morgan fingerprint density at radius 2 is 1.69 bits per heavy atom. The van der Waals surface area contributed by atoms with Crippen LogP contribution in [0.5, 0.6) is 0 Å². The minimum absolute atomic E-state index is 0.0853. The van der Waals surface area contributed by atoms with Gasteiger partial charge in [0, 0.05) is 32.3 Å². The Hall–Kier alpha value is -2.78. The normalized spacial score (nSPS) is 15.4. The van der Waals surface area contributed by atoms with E-state index < -0.39 is 21.0 Å². The molecule has 1 amide bonds. The van der Waals surface area contributed by atoms with Gasteiger partial charge in [0.2, 0.25) is 15.9 Å². The van der Waals surface area contributed by atoms with E-state index in [-0.39, 0.29) is 22.9 Å². The number of non-ortho nitro benzene ring substituents is 1. The molecule has 1 aliphatic heterocycles. The summed E-state index contributed by atoms with van der Waals surface area (Å²) in [5, 5.41) is 10.8. The third-order valence-electron chi connectivity index (χ3n) is 5.14. The van der Waals surface area contributed by atoms with E-state index in [9.17, 15) is 23.3 Å². The predicted octanol–water partition coefficient (Wildman–Crippen LogP) is 2.45. The maximum atomic E-state index is 13.1. The maximum Gasteiger partial charge on any atom is 0.269 e. The van der Waals surface area contributed by atoms with Gasteiger partial charge in [-0.05, 0) is 37.0 Å². The molecule has 1 aliphatic rings.